The molecule has 2 aromatic carbocycles. The van der Waals surface area contributed by atoms with Gasteiger partial charge in [-0.05, 0) is 38.0 Å². The second-order valence-corrected chi connectivity index (χ2v) is 6.23. The van der Waals surface area contributed by atoms with Gasteiger partial charge in [0.2, 0.25) is 0 Å². The molecule has 0 amide bonds. The monoisotopic (exact) mass is 286 g/mol. The first-order valence-electron chi connectivity index (χ1n) is 6.56. The van der Waals surface area contributed by atoms with Gasteiger partial charge in [0.25, 0.3) is 0 Å². The van der Waals surface area contributed by atoms with Gasteiger partial charge in [0.15, 0.2) is 0 Å². The molecule has 0 fully saturated rings. The lowest BCUT2D eigenvalue weighted by Crippen LogP contribution is -2.19. The summed E-state index contributed by atoms with van der Waals surface area (Å²) >= 11 is 1.40. The molecule has 1 atom stereocenters. The van der Waals surface area contributed by atoms with Crippen LogP contribution in [0.2, 0.25) is 0 Å². The van der Waals surface area contributed by atoms with Crippen molar-refractivity contribution in [1.82, 2.24) is 0 Å². The third-order valence-electron chi connectivity index (χ3n) is 3.00. The second-order valence-electron chi connectivity index (χ2n) is 4.96. The second kappa shape index (κ2) is 6.62. The van der Waals surface area contributed by atoms with Crippen LogP contribution in [0.3, 0.4) is 0 Å². The van der Waals surface area contributed by atoms with E-state index >= 15 is 0 Å². The van der Waals surface area contributed by atoms with Crippen molar-refractivity contribution in [3.8, 4) is 0 Å². The van der Waals surface area contributed by atoms with E-state index in [1.54, 1.807) is 0 Å². The summed E-state index contributed by atoms with van der Waals surface area (Å²) in [5.41, 5.74) is 3.43. The maximum Gasteiger partial charge on any atom is 0.317 e. The van der Waals surface area contributed by atoms with Crippen molar-refractivity contribution >= 4 is 17.7 Å². The third-order valence-corrected chi connectivity index (χ3v) is 4.20. The molecule has 0 bridgehead atoms. The minimum absolute atomic E-state index is 0.460. The summed E-state index contributed by atoms with van der Waals surface area (Å²) in [5, 5.41) is 8.95. The van der Waals surface area contributed by atoms with E-state index in [1.165, 1.54) is 22.9 Å². The molecule has 0 aliphatic heterocycles. The fourth-order valence-corrected chi connectivity index (χ4v) is 3.26. The Kier molecular flexibility index (Phi) is 4.85. The Balaban J connectivity index is 2.15. The zero-order valence-corrected chi connectivity index (χ0v) is 12.5. The normalized spacial score (nSPS) is 12.1. The van der Waals surface area contributed by atoms with Crippen LogP contribution in [-0.4, -0.2) is 16.3 Å². The number of carboxylic acids is 1. The summed E-state index contributed by atoms with van der Waals surface area (Å²) in [6.45, 7) is 4.08. The largest absolute Gasteiger partial charge is 0.480 e. The number of benzene rings is 2. The SMILES string of the molecule is Cc1cc(C)cc(CC(Sc2ccccc2)C(=O)O)c1. The Morgan fingerprint density at radius 3 is 2.25 bits per heavy atom. The average Bonchev–Trinajstić information content (AvgIpc) is 2.38. The van der Waals surface area contributed by atoms with Crippen LogP contribution in [0.5, 0.6) is 0 Å². The zero-order chi connectivity index (χ0) is 14.5. The van der Waals surface area contributed by atoms with Crippen molar-refractivity contribution in [2.45, 2.75) is 30.4 Å². The number of hydrogen-bond acceptors (Lipinski definition) is 2. The van der Waals surface area contributed by atoms with Crippen LogP contribution in [-0.2, 0) is 11.2 Å². The standard InChI is InChI=1S/C17H18O2S/c1-12-8-13(2)10-14(9-12)11-16(17(18)19)20-15-6-4-3-5-7-15/h3-10,16H,11H2,1-2H3,(H,18,19). The molecule has 0 saturated heterocycles. The molecule has 2 rings (SSSR count). The lowest BCUT2D eigenvalue weighted by Gasteiger charge is -2.13. The van der Waals surface area contributed by atoms with Crippen molar-refractivity contribution < 1.29 is 9.90 Å². The topological polar surface area (TPSA) is 37.3 Å². The molecule has 2 aromatic rings. The van der Waals surface area contributed by atoms with Crippen LogP contribution in [0.1, 0.15) is 16.7 Å². The number of carboxylic acid groups (broad SMARTS) is 1. The minimum atomic E-state index is -0.766. The summed E-state index contributed by atoms with van der Waals surface area (Å²) < 4.78 is 0. The van der Waals surface area contributed by atoms with Crippen molar-refractivity contribution in [2.75, 3.05) is 0 Å². The minimum Gasteiger partial charge on any atom is -0.480 e. The van der Waals surface area contributed by atoms with Crippen LogP contribution in [0.15, 0.2) is 53.4 Å². The predicted molar refractivity (Wildman–Crippen MR) is 83.3 cm³/mol. The first-order chi connectivity index (χ1) is 9.54. The first-order valence-corrected chi connectivity index (χ1v) is 7.44. The van der Waals surface area contributed by atoms with E-state index in [1.807, 2.05) is 44.2 Å². The summed E-state index contributed by atoms with van der Waals surface area (Å²) in [6.07, 6.45) is 0.539. The Morgan fingerprint density at radius 2 is 1.70 bits per heavy atom. The van der Waals surface area contributed by atoms with E-state index in [9.17, 15) is 9.90 Å². The van der Waals surface area contributed by atoms with Gasteiger partial charge in [0.1, 0.15) is 5.25 Å². The quantitative estimate of drug-likeness (QED) is 0.841. The van der Waals surface area contributed by atoms with Crippen molar-refractivity contribution in [2.24, 2.45) is 0 Å². The Bertz CT molecular complexity index is 573. The van der Waals surface area contributed by atoms with Crippen LogP contribution in [0.25, 0.3) is 0 Å². The van der Waals surface area contributed by atoms with Gasteiger partial charge in [0.05, 0.1) is 0 Å². The zero-order valence-electron chi connectivity index (χ0n) is 11.7. The first kappa shape index (κ1) is 14.7. The molecule has 20 heavy (non-hydrogen) atoms. The lowest BCUT2D eigenvalue weighted by atomic mass is 10.0. The highest BCUT2D eigenvalue weighted by Gasteiger charge is 2.19. The van der Waals surface area contributed by atoms with Crippen molar-refractivity contribution in [3.63, 3.8) is 0 Å². The summed E-state index contributed by atoms with van der Waals surface area (Å²) in [4.78, 5) is 12.4. The molecule has 1 unspecified atom stereocenters. The van der Waals surface area contributed by atoms with Crippen LogP contribution in [0.4, 0.5) is 0 Å². The maximum atomic E-state index is 11.5. The van der Waals surface area contributed by atoms with E-state index in [2.05, 4.69) is 18.2 Å². The fraction of sp³-hybridized carbons (Fsp3) is 0.235. The fourth-order valence-electron chi connectivity index (χ4n) is 2.24. The Morgan fingerprint density at radius 1 is 1.10 bits per heavy atom. The highest BCUT2D eigenvalue weighted by atomic mass is 32.2. The summed E-state index contributed by atoms with van der Waals surface area (Å²) in [7, 11) is 0. The molecule has 104 valence electrons. The van der Waals surface area contributed by atoms with Gasteiger partial charge in [-0.2, -0.15) is 0 Å². The van der Waals surface area contributed by atoms with E-state index in [4.69, 9.17) is 0 Å². The molecule has 0 heterocycles. The van der Waals surface area contributed by atoms with Gasteiger partial charge >= 0.3 is 5.97 Å². The molecule has 2 nitrogen and oxygen atoms in total. The average molecular weight is 286 g/mol. The molecule has 0 spiro atoms. The Hall–Kier alpha value is -1.74. The third kappa shape index (κ3) is 4.14. The number of aliphatic carboxylic acids is 1. The summed E-state index contributed by atoms with van der Waals surface area (Å²) in [5.74, 6) is -0.766. The van der Waals surface area contributed by atoms with Gasteiger partial charge in [-0.3, -0.25) is 4.79 Å². The lowest BCUT2D eigenvalue weighted by molar-refractivity contribution is -0.136. The van der Waals surface area contributed by atoms with Crippen LogP contribution < -0.4 is 0 Å². The molecule has 0 saturated carbocycles. The number of carbonyl (C=O) groups is 1. The highest BCUT2D eigenvalue weighted by molar-refractivity contribution is 8.00. The van der Waals surface area contributed by atoms with Gasteiger partial charge in [-0.25, -0.2) is 0 Å². The van der Waals surface area contributed by atoms with Gasteiger partial charge < -0.3 is 5.11 Å². The predicted octanol–water partition coefficient (Wildman–Crippen LogP) is 4.09. The molecule has 0 aliphatic rings. The number of thioether (sulfide) groups is 1. The van der Waals surface area contributed by atoms with Crippen LogP contribution >= 0.6 is 11.8 Å². The molecule has 1 N–H and O–H groups in total. The van der Waals surface area contributed by atoms with Gasteiger partial charge in [-0.1, -0.05) is 47.5 Å². The van der Waals surface area contributed by atoms with E-state index in [0.29, 0.717) is 6.42 Å². The molecule has 0 aliphatic carbocycles. The molecule has 0 radical (unpaired) electrons. The van der Waals surface area contributed by atoms with E-state index in [0.717, 1.165) is 10.5 Å². The van der Waals surface area contributed by atoms with E-state index in [-0.39, 0.29) is 0 Å². The molecular weight excluding hydrogens is 268 g/mol. The summed E-state index contributed by atoms with van der Waals surface area (Å²) in [6, 6.07) is 15.9. The smallest absolute Gasteiger partial charge is 0.317 e. The molecule has 3 heteroatoms. The Labute approximate surface area is 123 Å². The van der Waals surface area contributed by atoms with Crippen molar-refractivity contribution in [3.05, 3.63) is 65.2 Å². The maximum absolute atomic E-state index is 11.5. The highest BCUT2D eigenvalue weighted by Crippen LogP contribution is 2.26. The molecule has 0 aromatic heterocycles. The van der Waals surface area contributed by atoms with Crippen molar-refractivity contribution in [1.29, 1.82) is 0 Å². The van der Waals surface area contributed by atoms with Crippen LogP contribution in [0, 0.1) is 13.8 Å². The molecular formula is C17H18O2S. The number of rotatable bonds is 5. The van der Waals surface area contributed by atoms with Gasteiger partial charge in [-0.15, -0.1) is 11.8 Å². The van der Waals surface area contributed by atoms with E-state index < -0.39 is 11.2 Å². The number of hydrogen-bond donors (Lipinski definition) is 1. The van der Waals surface area contributed by atoms with Gasteiger partial charge in [0, 0.05) is 4.90 Å². The number of aryl methyl sites for hydroxylation is 2.